The molecule has 0 aliphatic carbocycles. The predicted molar refractivity (Wildman–Crippen MR) is 150 cm³/mol. The molecular weight excluding hydrogens is 555 g/mol. The smallest absolute Gasteiger partial charge is 0.283 e. The number of hydrogen-bond acceptors (Lipinski definition) is 9. The van der Waals surface area contributed by atoms with E-state index in [1.807, 2.05) is 0 Å². The maximum Gasteiger partial charge on any atom is 0.283 e. The molecule has 0 fully saturated rings. The van der Waals surface area contributed by atoms with Crippen LogP contribution in [0.2, 0.25) is 0 Å². The van der Waals surface area contributed by atoms with E-state index >= 15 is 0 Å². The van der Waals surface area contributed by atoms with E-state index < -0.39 is 22.6 Å². The number of nitro benzene ring substituents is 1. The molecule has 0 aliphatic heterocycles. The van der Waals surface area contributed by atoms with Gasteiger partial charge in [-0.2, -0.15) is 5.10 Å². The van der Waals surface area contributed by atoms with Crippen LogP contribution in [0.5, 0.6) is 0 Å². The van der Waals surface area contributed by atoms with Gasteiger partial charge in [-0.25, -0.2) is 14.8 Å². The Morgan fingerprint density at radius 1 is 1.02 bits per heavy atom. The summed E-state index contributed by atoms with van der Waals surface area (Å²) < 4.78 is 15.2. The first-order valence-electron chi connectivity index (χ1n) is 11.5. The fourth-order valence-corrected chi connectivity index (χ4v) is 5.69. The van der Waals surface area contributed by atoms with Crippen molar-refractivity contribution in [3.05, 3.63) is 118 Å². The third-order valence-electron chi connectivity index (χ3n) is 5.44. The number of nitrogens with zero attached hydrogens (tertiary/aromatic N) is 4. The van der Waals surface area contributed by atoms with Gasteiger partial charge in [0.05, 0.1) is 31.8 Å². The molecular formula is C27H17FN6O4S2. The molecule has 2 aromatic heterocycles. The molecule has 198 valence electrons. The zero-order valence-corrected chi connectivity index (χ0v) is 21.9. The summed E-state index contributed by atoms with van der Waals surface area (Å²) in [7, 11) is 0. The van der Waals surface area contributed by atoms with E-state index in [4.69, 9.17) is 0 Å². The van der Waals surface area contributed by atoms with Crippen LogP contribution in [0.1, 0.15) is 26.3 Å². The molecule has 0 radical (unpaired) electrons. The Hall–Kier alpha value is -5.01. The minimum absolute atomic E-state index is 0.0694. The van der Waals surface area contributed by atoms with Crippen molar-refractivity contribution in [2.24, 2.45) is 5.10 Å². The van der Waals surface area contributed by atoms with Gasteiger partial charge in [-0.1, -0.05) is 30.0 Å². The number of carbonyl (C=O) groups is 2. The average Bonchev–Trinajstić information content (AvgIpc) is 3.35. The van der Waals surface area contributed by atoms with Crippen LogP contribution < -0.4 is 10.7 Å². The lowest BCUT2D eigenvalue weighted by Gasteiger charge is -2.05. The number of hydrogen-bond donors (Lipinski definition) is 2. The maximum atomic E-state index is 13.9. The lowest BCUT2D eigenvalue weighted by atomic mass is 10.2. The van der Waals surface area contributed by atoms with Crippen LogP contribution in [0, 0.1) is 15.9 Å². The quantitative estimate of drug-likeness (QED) is 0.134. The van der Waals surface area contributed by atoms with Crippen LogP contribution in [-0.4, -0.2) is 32.9 Å². The second-order valence-electron chi connectivity index (χ2n) is 8.12. The average molecular weight is 573 g/mol. The highest BCUT2D eigenvalue weighted by atomic mass is 32.2. The van der Waals surface area contributed by atoms with Crippen LogP contribution in [-0.2, 0) is 0 Å². The summed E-state index contributed by atoms with van der Waals surface area (Å²) in [5.74, 6) is -1.63. The third-order valence-corrected chi connectivity index (χ3v) is 7.59. The van der Waals surface area contributed by atoms with Gasteiger partial charge in [0, 0.05) is 35.3 Å². The zero-order valence-electron chi connectivity index (χ0n) is 20.3. The molecule has 2 amide bonds. The highest BCUT2D eigenvalue weighted by Crippen LogP contribution is 2.39. The van der Waals surface area contributed by atoms with Gasteiger partial charge < -0.3 is 5.32 Å². The second kappa shape index (κ2) is 11.8. The normalized spacial score (nSPS) is 11.0. The SMILES string of the molecule is O=C(N/N=C/c1ccc(Sc2nc3ccc(NC(=O)c4ccccc4F)cc3s2)c([N+](=O)[O-])c1)c1ccncc1. The van der Waals surface area contributed by atoms with Gasteiger partial charge in [-0.15, -0.1) is 11.3 Å². The van der Waals surface area contributed by atoms with Gasteiger partial charge in [0.25, 0.3) is 17.5 Å². The van der Waals surface area contributed by atoms with E-state index in [0.717, 1.165) is 16.5 Å². The predicted octanol–water partition coefficient (Wildman–Crippen LogP) is 5.91. The van der Waals surface area contributed by atoms with Crippen LogP contribution in [0.25, 0.3) is 10.2 Å². The molecule has 0 spiro atoms. The summed E-state index contributed by atoms with van der Waals surface area (Å²) in [6.45, 7) is 0. The van der Waals surface area contributed by atoms with E-state index in [2.05, 4.69) is 25.8 Å². The number of fused-ring (bicyclic) bond motifs is 1. The molecule has 13 heteroatoms. The van der Waals surface area contributed by atoms with Crippen molar-refractivity contribution in [1.82, 2.24) is 15.4 Å². The fourth-order valence-electron chi connectivity index (χ4n) is 3.54. The minimum atomic E-state index is -0.619. The molecule has 3 aromatic carbocycles. The Kier molecular flexibility index (Phi) is 7.84. The molecule has 40 heavy (non-hydrogen) atoms. The van der Waals surface area contributed by atoms with E-state index in [1.165, 1.54) is 66.3 Å². The second-order valence-corrected chi connectivity index (χ2v) is 10.4. The molecule has 0 aliphatic rings. The summed E-state index contributed by atoms with van der Waals surface area (Å²) in [5.41, 5.74) is 4.06. The number of hydrazone groups is 1. The first kappa shape index (κ1) is 26.6. The number of anilines is 1. The first-order chi connectivity index (χ1) is 19.4. The largest absolute Gasteiger partial charge is 0.322 e. The number of benzene rings is 3. The molecule has 0 saturated heterocycles. The molecule has 0 atom stereocenters. The minimum Gasteiger partial charge on any atom is -0.322 e. The van der Waals surface area contributed by atoms with Crippen molar-refractivity contribution in [2.75, 3.05) is 5.32 Å². The molecule has 10 nitrogen and oxygen atoms in total. The molecule has 5 aromatic rings. The van der Waals surface area contributed by atoms with Gasteiger partial charge in [0.15, 0.2) is 4.34 Å². The third kappa shape index (κ3) is 6.17. The van der Waals surface area contributed by atoms with E-state index in [0.29, 0.717) is 31.6 Å². The van der Waals surface area contributed by atoms with Crippen LogP contribution in [0.15, 0.2) is 99.5 Å². The number of halogens is 1. The lowest BCUT2D eigenvalue weighted by Crippen LogP contribution is -2.17. The fraction of sp³-hybridized carbons (Fsp3) is 0. The van der Waals surface area contributed by atoms with E-state index in [9.17, 15) is 24.1 Å². The molecule has 0 unspecified atom stereocenters. The zero-order chi connectivity index (χ0) is 28.1. The molecule has 2 N–H and O–H groups in total. The van der Waals surface area contributed by atoms with Crippen LogP contribution >= 0.6 is 23.1 Å². The van der Waals surface area contributed by atoms with Crippen molar-refractivity contribution in [1.29, 1.82) is 0 Å². The summed E-state index contributed by atoms with van der Waals surface area (Å²) in [6, 6.07) is 18.4. The van der Waals surface area contributed by atoms with Crippen molar-refractivity contribution in [2.45, 2.75) is 9.24 Å². The summed E-state index contributed by atoms with van der Waals surface area (Å²) >= 11 is 2.43. The van der Waals surface area contributed by atoms with Crippen molar-refractivity contribution in [3.63, 3.8) is 0 Å². The van der Waals surface area contributed by atoms with Gasteiger partial charge >= 0.3 is 0 Å². The molecule has 5 rings (SSSR count). The lowest BCUT2D eigenvalue weighted by molar-refractivity contribution is -0.387. The standard InChI is InChI=1S/C27H17FN6O4S2/c28-20-4-2-1-3-19(20)26(36)31-18-6-7-21-24(14-18)40-27(32-21)39-23-8-5-16(13-22(23)34(37)38)15-30-33-25(35)17-9-11-29-12-10-17/h1-15H,(H,31,36)(H,33,35)/b30-15+. The molecule has 0 bridgehead atoms. The van der Waals surface area contributed by atoms with Gasteiger partial charge in [0.1, 0.15) is 5.82 Å². The highest BCUT2D eigenvalue weighted by molar-refractivity contribution is 8.01. The van der Waals surface area contributed by atoms with Gasteiger partial charge in [0.2, 0.25) is 0 Å². The Balaban J connectivity index is 1.30. The number of thiazole rings is 1. The number of nitro groups is 1. The van der Waals surface area contributed by atoms with Crippen molar-refractivity contribution >= 4 is 62.7 Å². The topological polar surface area (TPSA) is 139 Å². The van der Waals surface area contributed by atoms with E-state index in [1.54, 1.807) is 36.4 Å². The van der Waals surface area contributed by atoms with Crippen LogP contribution in [0.4, 0.5) is 15.8 Å². The Bertz CT molecular complexity index is 1780. The maximum absolute atomic E-state index is 13.9. The van der Waals surface area contributed by atoms with E-state index in [-0.39, 0.29) is 11.3 Å². The van der Waals surface area contributed by atoms with Crippen LogP contribution in [0.3, 0.4) is 0 Å². The summed E-state index contributed by atoms with van der Waals surface area (Å²) in [6.07, 6.45) is 4.28. The molecule has 0 saturated carbocycles. The number of carbonyl (C=O) groups excluding carboxylic acids is 2. The number of aromatic nitrogens is 2. The Labute approximate surface area is 234 Å². The number of amides is 2. The molecule has 2 heterocycles. The monoisotopic (exact) mass is 572 g/mol. The number of nitrogens with one attached hydrogen (secondary N) is 2. The summed E-state index contributed by atoms with van der Waals surface area (Å²) in [5, 5.41) is 18.3. The Morgan fingerprint density at radius 2 is 1.82 bits per heavy atom. The van der Waals surface area contributed by atoms with Gasteiger partial charge in [-0.05, 0) is 48.5 Å². The number of pyridine rings is 1. The first-order valence-corrected chi connectivity index (χ1v) is 13.2. The van der Waals surface area contributed by atoms with Crippen molar-refractivity contribution < 1.29 is 18.9 Å². The van der Waals surface area contributed by atoms with Gasteiger partial charge in [-0.3, -0.25) is 24.7 Å². The Morgan fingerprint density at radius 3 is 2.60 bits per heavy atom. The number of rotatable bonds is 8. The van der Waals surface area contributed by atoms with Crippen molar-refractivity contribution in [3.8, 4) is 0 Å². The summed E-state index contributed by atoms with van der Waals surface area (Å²) in [4.78, 5) is 44.6. The highest BCUT2D eigenvalue weighted by Gasteiger charge is 2.18.